The Bertz CT molecular complexity index is 1290. The fraction of sp³-hybridized carbons (Fsp3) is 0.0455. The highest BCUT2D eigenvalue weighted by molar-refractivity contribution is 7.98. The maximum atomic E-state index is 13.2. The number of thioether (sulfide) groups is 1. The van der Waals surface area contributed by atoms with Crippen molar-refractivity contribution in [3.05, 3.63) is 98.3 Å². The number of benzene rings is 3. The maximum absolute atomic E-state index is 13.2. The molecule has 1 heterocycles. The van der Waals surface area contributed by atoms with Crippen molar-refractivity contribution in [3.63, 3.8) is 0 Å². The summed E-state index contributed by atoms with van der Waals surface area (Å²) in [6.07, 6.45) is 0. The van der Waals surface area contributed by atoms with Crippen molar-refractivity contribution in [2.24, 2.45) is 0 Å². The van der Waals surface area contributed by atoms with Gasteiger partial charge < -0.3 is 0 Å². The molecule has 4 aromatic rings. The van der Waals surface area contributed by atoms with E-state index in [1.54, 1.807) is 59.2 Å². The van der Waals surface area contributed by atoms with E-state index in [4.69, 9.17) is 33.4 Å². The minimum Gasteiger partial charge on any atom is -0.268 e. The van der Waals surface area contributed by atoms with Gasteiger partial charge in [-0.25, -0.2) is 4.98 Å². The summed E-state index contributed by atoms with van der Waals surface area (Å²) in [6, 6.07) is 21.6. The zero-order valence-electron chi connectivity index (χ0n) is 15.0. The molecule has 0 bridgehead atoms. The molecule has 0 fully saturated rings. The largest absolute Gasteiger partial charge is 0.268 e. The van der Waals surface area contributed by atoms with Crippen LogP contribution in [0.25, 0.3) is 16.6 Å². The third-order valence-corrected chi connectivity index (χ3v) is 5.83. The van der Waals surface area contributed by atoms with Crippen LogP contribution in [-0.4, -0.2) is 9.55 Å². The molecule has 0 amide bonds. The Morgan fingerprint density at radius 3 is 2.34 bits per heavy atom. The highest BCUT2D eigenvalue weighted by atomic mass is 35.5. The minimum atomic E-state index is -0.170. The van der Waals surface area contributed by atoms with Gasteiger partial charge >= 0.3 is 0 Å². The normalized spacial score (nSPS) is 10.8. The summed E-state index contributed by atoms with van der Waals surface area (Å²) < 4.78 is 1.58. The molecule has 0 spiro atoms. The Labute approximate surface area is 181 Å². The van der Waals surface area contributed by atoms with Crippen molar-refractivity contribution >= 4 is 45.9 Å². The van der Waals surface area contributed by atoms with Crippen molar-refractivity contribution in [1.29, 1.82) is 5.26 Å². The van der Waals surface area contributed by atoms with Crippen LogP contribution in [0.5, 0.6) is 0 Å². The molecular formula is C22H13Cl2N3OS. The van der Waals surface area contributed by atoms with Crippen molar-refractivity contribution in [1.82, 2.24) is 9.55 Å². The summed E-state index contributed by atoms with van der Waals surface area (Å²) in [6.45, 7) is 0. The molecule has 0 aliphatic heterocycles. The maximum Gasteiger partial charge on any atom is 0.266 e. The molecule has 0 aliphatic rings. The Hall–Kier alpha value is -2.78. The number of hydrogen-bond acceptors (Lipinski definition) is 4. The van der Waals surface area contributed by atoms with Gasteiger partial charge in [0.2, 0.25) is 0 Å². The van der Waals surface area contributed by atoms with E-state index in [1.807, 2.05) is 12.1 Å². The number of nitrogens with zero attached hydrogens (tertiary/aromatic N) is 3. The van der Waals surface area contributed by atoms with Crippen LogP contribution in [0, 0.1) is 11.3 Å². The fourth-order valence-electron chi connectivity index (χ4n) is 2.88. The van der Waals surface area contributed by atoms with Gasteiger partial charge in [-0.2, -0.15) is 5.26 Å². The van der Waals surface area contributed by atoms with Crippen LogP contribution in [0.3, 0.4) is 0 Å². The third-order valence-electron chi connectivity index (χ3n) is 4.34. The van der Waals surface area contributed by atoms with Crippen LogP contribution < -0.4 is 5.56 Å². The molecule has 0 N–H and O–H groups in total. The van der Waals surface area contributed by atoms with Gasteiger partial charge in [-0.05, 0) is 60.2 Å². The van der Waals surface area contributed by atoms with E-state index in [-0.39, 0.29) is 5.56 Å². The number of fused-ring (bicyclic) bond motifs is 1. The van der Waals surface area contributed by atoms with Gasteiger partial charge in [-0.15, -0.1) is 0 Å². The first-order valence-corrected chi connectivity index (χ1v) is 10.4. The molecule has 0 unspecified atom stereocenters. The summed E-state index contributed by atoms with van der Waals surface area (Å²) in [5, 5.41) is 11.1. The second kappa shape index (κ2) is 8.30. The smallest absolute Gasteiger partial charge is 0.266 e. The molecule has 3 aromatic carbocycles. The topological polar surface area (TPSA) is 58.7 Å². The van der Waals surface area contributed by atoms with Crippen molar-refractivity contribution in [3.8, 4) is 11.8 Å². The molecular weight excluding hydrogens is 425 g/mol. The Balaban J connectivity index is 1.81. The van der Waals surface area contributed by atoms with Crippen LogP contribution in [-0.2, 0) is 5.75 Å². The number of rotatable bonds is 4. The lowest BCUT2D eigenvalue weighted by Crippen LogP contribution is -2.21. The van der Waals surface area contributed by atoms with Gasteiger partial charge in [-0.3, -0.25) is 9.36 Å². The molecule has 0 radical (unpaired) electrons. The highest BCUT2D eigenvalue weighted by Gasteiger charge is 2.14. The second-order valence-electron chi connectivity index (χ2n) is 6.27. The summed E-state index contributed by atoms with van der Waals surface area (Å²) in [5.74, 6) is 0.595. The predicted molar refractivity (Wildman–Crippen MR) is 118 cm³/mol. The molecule has 7 heteroatoms. The molecule has 142 valence electrons. The van der Waals surface area contributed by atoms with Gasteiger partial charge in [0.1, 0.15) is 0 Å². The van der Waals surface area contributed by atoms with Crippen LogP contribution in [0.2, 0.25) is 10.0 Å². The average molecular weight is 438 g/mol. The van der Waals surface area contributed by atoms with Crippen LogP contribution in [0.1, 0.15) is 11.1 Å². The van der Waals surface area contributed by atoms with E-state index in [2.05, 4.69) is 6.07 Å². The summed E-state index contributed by atoms with van der Waals surface area (Å²) in [5.41, 5.74) is 2.70. The van der Waals surface area contributed by atoms with E-state index in [0.717, 1.165) is 5.56 Å². The molecule has 1 aromatic heterocycles. The Morgan fingerprint density at radius 2 is 1.66 bits per heavy atom. The SMILES string of the molecule is N#Cc1ccc(CSc2nc3cc(Cl)ccc3c(=O)n2-c2ccc(Cl)cc2)cc1. The summed E-state index contributed by atoms with van der Waals surface area (Å²) in [7, 11) is 0. The van der Waals surface area contributed by atoms with Gasteiger partial charge in [0.05, 0.1) is 28.2 Å². The predicted octanol–water partition coefficient (Wildman–Crippen LogP) is 5.86. The first kappa shape index (κ1) is 19.5. The van der Waals surface area contributed by atoms with Gasteiger partial charge in [0, 0.05) is 15.8 Å². The van der Waals surface area contributed by atoms with E-state index in [0.29, 0.717) is 43.1 Å². The van der Waals surface area contributed by atoms with E-state index >= 15 is 0 Å². The number of hydrogen-bond donors (Lipinski definition) is 0. The lowest BCUT2D eigenvalue weighted by molar-refractivity contribution is 0.819. The van der Waals surface area contributed by atoms with Crippen LogP contribution in [0.15, 0.2) is 76.7 Å². The molecule has 0 aliphatic carbocycles. The lowest BCUT2D eigenvalue weighted by Gasteiger charge is -2.13. The summed E-state index contributed by atoms with van der Waals surface area (Å²) >= 11 is 13.6. The molecule has 0 atom stereocenters. The number of nitriles is 1. The first-order valence-electron chi connectivity index (χ1n) is 8.65. The number of aromatic nitrogens is 2. The Kier molecular flexibility index (Phi) is 5.59. The average Bonchev–Trinajstić information content (AvgIpc) is 2.73. The molecule has 0 saturated heterocycles. The molecule has 4 rings (SSSR count). The minimum absolute atomic E-state index is 0.170. The van der Waals surface area contributed by atoms with E-state index < -0.39 is 0 Å². The van der Waals surface area contributed by atoms with E-state index in [9.17, 15) is 4.79 Å². The fourth-order valence-corrected chi connectivity index (χ4v) is 4.14. The van der Waals surface area contributed by atoms with Crippen LogP contribution >= 0.6 is 35.0 Å². The van der Waals surface area contributed by atoms with Crippen molar-refractivity contribution in [2.75, 3.05) is 0 Å². The molecule has 0 saturated carbocycles. The molecule has 29 heavy (non-hydrogen) atoms. The first-order chi connectivity index (χ1) is 14.0. The second-order valence-corrected chi connectivity index (χ2v) is 8.09. The van der Waals surface area contributed by atoms with Crippen molar-refractivity contribution < 1.29 is 0 Å². The lowest BCUT2D eigenvalue weighted by atomic mass is 10.2. The summed E-state index contributed by atoms with van der Waals surface area (Å²) in [4.78, 5) is 17.9. The quantitative estimate of drug-likeness (QED) is 0.296. The third kappa shape index (κ3) is 4.15. The zero-order valence-corrected chi connectivity index (χ0v) is 17.3. The molecule has 4 nitrogen and oxygen atoms in total. The van der Waals surface area contributed by atoms with Crippen molar-refractivity contribution in [2.45, 2.75) is 10.9 Å². The Morgan fingerprint density at radius 1 is 0.966 bits per heavy atom. The standard InChI is InChI=1S/C22H13Cl2N3OS/c23-16-5-8-18(9-6-16)27-21(28)19-10-7-17(24)11-20(19)26-22(27)29-13-15-3-1-14(12-25)2-4-15/h1-11H,13H2. The number of halogens is 2. The highest BCUT2D eigenvalue weighted by Crippen LogP contribution is 2.26. The monoisotopic (exact) mass is 437 g/mol. The van der Waals surface area contributed by atoms with Crippen LogP contribution in [0.4, 0.5) is 0 Å². The van der Waals surface area contributed by atoms with Gasteiger partial charge in [0.15, 0.2) is 5.16 Å². The van der Waals surface area contributed by atoms with Gasteiger partial charge in [0.25, 0.3) is 5.56 Å². The van der Waals surface area contributed by atoms with Gasteiger partial charge in [-0.1, -0.05) is 47.1 Å². The van der Waals surface area contributed by atoms with E-state index in [1.165, 1.54) is 11.8 Å². The zero-order chi connectivity index (χ0) is 20.4.